The third kappa shape index (κ3) is 7.33. The minimum Gasteiger partial charge on any atom is -0.466 e. The number of ether oxygens (including phenoxy) is 1. The first kappa shape index (κ1) is 9.33. The van der Waals surface area contributed by atoms with Crippen molar-refractivity contribution in [2.45, 2.75) is 26.2 Å². The van der Waals surface area contributed by atoms with Crippen LogP contribution < -0.4 is 0 Å². The molecule has 0 aromatic carbocycles. The zero-order chi connectivity index (χ0) is 8.20. The fourth-order valence-electron chi connectivity index (χ4n) is 0.374. The van der Waals surface area contributed by atoms with Gasteiger partial charge < -0.3 is 4.74 Å². The lowest BCUT2D eigenvalue weighted by Gasteiger charge is -2.08. The van der Waals surface area contributed by atoms with Gasteiger partial charge in [0.15, 0.2) is 0 Å². The lowest BCUT2D eigenvalue weighted by Crippen LogP contribution is -2.14. The van der Waals surface area contributed by atoms with E-state index in [1.165, 1.54) is 6.92 Å². The minimum absolute atomic E-state index is 0.209. The maximum absolute atomic E-state index is 12.0. The zero-order valence-corrected chi connectivity index (χ0v) is 5.99. The first-order valence-electron chi connectivity index (χ1n) is 2.93. The van der Waals surface area contributed by atoms with Crippen LogP contribution in [0, 0.1) is 0 Å². The fourth-order valence-corrected chi connectivity index (χ4v) is 0.374. The Balaban J connectivity index is 3.29. The van der Waals surface area contributed by atoms with Crippen molar-refractivity contribution in [1.29, 1.82) is 0 Å². The number of halogens is 2. The van der Waals surface area contributed by atoms with Crippen LogP contribution in [0.1, 0.15) is 20.3 Å². The number of hydrogen-bond acceptors (Lipinski definition) is 2. The van der Waals surface area contributed by atoms with Crippen LogP contribution in [0.3, 0.4) is 0 Å². The highest BCUT2D eigenvalue weighted by atomic mass is 19.3. The van der Waals surface area contributed by atoms with E-state index < -0.39 is 18.3 Å². The number of alkyl halides is 2. The van der Waals surface area contributed by atoms with Crippen LogP contribution in [-0.2, 0) is 9.53 Å². The van der Waals surface area contributed by atoms with Crippen molar-refractivity contribution >= 4 is 5.97 Å². The van der Waals surface area contributed by atoms with Crippen molar-refractivity contribution in [2.75, 3.05) is 6.61 Å². The van der Waals surface area contributed by atoms with Gasteiger partial charge in [-0.05, 0) is 6.92 Å². The first-order valence-corrected chi connectivity index (χ1v) is 2.93. The molecule has 0 aromatic rings. The van der Waals surface area contributed by atoms with Crippen LogP contribution >= 0.6 is 0 Å². The molecule has 0 fully saturated rings. The zero-order valence-electron chi connectivity index (χ0n) is 5.99. The van der Waals surface area contributed by atoms with E-state index in [2.05, 4.69) is 4.74 Å². The highest BCUT2D eigenvalue weighted by Crippen LogP contribution is 2.15. The Morgan fingerprint density at radius 2 is 2.10 bits per heavy atom. The fraction of sp³-hybridized carbons (Fsp3) is 0.833. The van der Waals surface area contributed by atoms with Crippen molar-refractivity contribution in [3.63, 3.8) is 0 Å². The summed E-state index contributed by atoms with van der Waals surface area (Å²) >= 11 is 0. The minimum atomic E-state index is -2.74. The smallest absolute Gasteiger partial charge is 0.302 e. The molecular weight excluding hydrogens is 142 g/mol. The van der Waals surface area contributed by atoms with Gasteiger partial charge in [0.1, 0.15) is 0 Å². The van der Waals surface area contributed by atoms with Gasteiger partial charge in [-0.1, -0.05) is 0 Å². The van der Waals surface area contributed by atoms with Crippen LogP contribution in [0.4, 0.5) is 8.78 Å². The van der Waals surface area contributed by atoms with E-state index in [1.807, 2.05) is 0 Å². The molecule has 2 nitrogen and oxygen atoms in total. The van der Waals surface area contributed by atoms with Crippen molar-refractivity contribution in [1.82, 2.24) is 0 Å². The second-order valence-corrected chi connectivity index (χ2v) is 2.16. The Morgan fingerprint density at radius 3 is 2.40 bits per heavy atom. The van der Waals surface area contributed by atoms with E-state index in [4.69, 9.17) is 0 Å². The van der Waals surface area contributed by atoms with E-state index in [9.17, 15) is 13.6 Å². The van der Waals surface area contributed by atoms with E-state index in [0.29, 0.717) is 0 Å². The maximum Gasteiger partial charge on any atom is 0.302 e. The van der Waals surface area contributed by atoms with E-state index in [0.717, 1.165) is 6.92 Å². The second-order valence-electron chi connectivity index (χ2n) is 2.16. The summed E-state index contributed by atoms with van der Waals surface area (Å²) in [5, 5.41) is 0. The van der Waals surface area contributed by atoms with Gasteiger partial charge in [-0.3, -0.25) is 4.79 Å². The highest BCUT2D eigenvalue weighted by molar-refractivity contribution is 5.65. The Morgan fingerprint density at radius 1 is 1.60 bits per heavy atom. The molecule has 0 spiro atoms. The average Bonchev–Trinajstić information content (AvgIpc) is 1.59. The van der Waals surface area contributed by atoms with E-state index in [1.54, 1.807) is 0 Å². The lowest BCUT2D eigenvalue weighted by atomic mass is 10.3. The molecule has 0 saturated carbocycles. The van der Waals surface area contributed by atoms with Crippen LogP contribution in [0.25, 0.3) is 0 Å². The van der Waals surface area contributed by atoms with Crippen molar-refractivity contribution < 1.29 is 18.3 Å². The molecule has 0 amide bonds. The first-order chi connectivity index (χ1) is 4.42. The van der Waals surface area contributed by atoms with Gasteiger partial charge in [-0.25, -0.2) is 8.78 Å². The monoisotopic (exact) mass is 152 g/mol. The summed E-state index contributed by atoms with van der Waals surface area (Å²) in [4.78, 5) is 10.1. The summed E-state index contributed by atoms with van der Waals surface area (Å²) in [5.41, 5.74) is 0. The van der Waals surface area contributed by atoms with Gasteiger partial charge in [0.25, 0.3) is 0 Å². The van der Waals surface area contributed by atoms with Crippen molar-refractivity contribution in [3.8, 4) is 0 Å². The van der Waals surface area contributed by atoms with Crippen LogP contribution in [-0.4, -0.2) is 18.5 Å². The number of esters is 1. The summed E-state index contributed by atoms with van der Waals surface area (Å²) in [7, 11) is 0. The largest absolute Gasteiger partial charge is 0.466 e. The Labute approximate surface area is 58.2 Å². The van der Waals surface area contributed by atoms with Gasteiger partial charge in [-0.2, -0.15) is 0 Å². The maximum atomic E-state index is 12.0. The molecule has 0 atom stereocenters. The summed E-state index contributed by atoms with van der Waals surface area (Å²) in [5.74, 6) is -3.26. The predicted octanol–water partition coefficient (Wildman–Crippen LogP) is 1.59. The van der Waals surface area contributed by atoms with Crippen LogP contribution in [0.5, 0.6) is 0 Å². The number of rotatable bonds is 3. The summed E-state index contributed by atoms with van der Waals surface area (Å²) in [6.45, 7) is 1.77. The molecule has 0 heterocycles. The average molecular weight is 152 g/mol. The molecule has 0 N–H and O–H groups in total. The third-order valence-corrected chi connectivity index (χ3v) is 0.846. The van der Waals surface area contributed by atoms with Gasteiger partial charge >= 0.3 is 5.97 Å². The molecule has 0 aliphatic rings. The molecule has 10 heavy (non-hydrogen) atoms. The summed E-state index contributed by atoms with van der Waals surface area (Å²) < 4.78 is 28.3. The van der Waals surface area contributed by atoms with Crippen LogP contribution in [0.15, 0.2) is 0 Å². The number of hydrogen-bond donors (Lipinski definition) is 0. The lowest BCUT2D eigenvalue weighted by molar-refractivity contribution is -0.142. The quantitative estimate of drug-likeness (QED) is 0.574. The third-order valence-electron chi connectivity index (χ3n) is 0.846. The summed E-state index contributed by atoms with van der Waals surface area (Å²) in [6, 6.07) is 0. The van der Waals surface area contributed by atoms with E-state index in [-0.39, 0.29) is 6.61 Å². The molecule has 0 aromatic heterocycles. The molecule has 0 radical (unpaired) electrons. The van der Waals surface area contributed by atoms with Gasteiger partial charge in [0.2, 0.25) is 5.92 Å². The molecular formula is C6H10F2O2. The Bertz CT molecular complexity index is 117. The molecule has 0 unspecified atom stereocenters. The van der Waals surface area contributed by atoms with Crippen molar-refractivity contribution in [2.24, 2.45) is 0 Å². The number of carbonyl (C=O) groups is 1. The molecule has 0 saturated heterocycles. The van der Waals surface area contributed by atoms with Gasteiger partial charge in [0.05, 0.1) is 6.61 Å². The molecule has 0 rings (SSSR count). The Kier molecular flexibility index (Phi) is 3.25. The molecule has 4 heteroatoms. The van der Waals surface area contributed by atoms with Crippen molar-refractivity contribution in [3.05, 3.63) is 0 Å². The molecule has 60 valence electrons. The number of carbonyl (C=O) groups excluding carboxylic acids is 1. The molecule has 0 aliphatic heterocycles. The predicted molar refractivity (Wildman–Crippen MR) is 31.9 cm³/mol. The summed E-state index contributed by atoms with van der Waals surface area (Å²) in [6.07, 6.45) is -0.410. The SMILES string of the molecule is CC(=O)OCCC(C)(F)F. The van der Waals surface area contributed by atoms with Gasteiger partial charge in [0, 0.05) is 13.3 Å². The Hall–Kier alpha value is -0.670. The van der Waals surface area contributed by atoms with E-state index >= 15 is 0 Å². The molecule has 0 bridgehead atoms. The topological polar surface area (TPSA) is 26.3 Å². The highest BCUT2D eigenvalue weighted by Gasteiger charge is 2.20. The molecule has 0 aliphatic carbocycles. The standard InChI is InChI=1S/C6H10F2O2/c1-5(9)10-4-3-6(2,7)8/h3-4H2,1-2H3. The van der Waals surface area contributed by atoms with Crippen LogP contribution in [0.2, 0.25) is 0 Å². The van der Waals surface area contributed by atoms with Gasteiger partial charge in [-0.15, -0.1) is 0 Å². The second kappa shape index (κ2) is 3.49. The normalized spacial score (nSPS) is 11.2.